The monoisotopic (exact) mass is 106 g/mol. The third-order valence-corrected chi connectivity index (χ3v) is 0.553. The van der Waals surface area contributed by atoms with Crippen molar-refractivity contribution in [3.63, 3.8) is 0 Å². The second-order valence-electron chi connectivity index (χ2n) is 0.964. The van der Waals surface area contributed by atoms with Crippen LogP contribution in [0.5, 0.6) is 0 Å². The van der Waals surface area contributed by atoms with Crippen molar-refractivity contribution < 1.29 is 0 Å². The van der Waals surface area contributed by atoms with Crippen molar-refractivity contribution in [2.45, 2.75) is 6.42 Å². The van der Waals surface area contributed by atoms with E-state index in [2.05, 4.69) is 0 Å². The first-order valence-corrected chi connectivity index (χ1v) is 2.19. The summed E-state index contributed by atoms with van der Waals surface area (Å²) in [5, 5.41) is 6.59. The molecule has 0 aromatic carbocycles. The smallest absolute Gasteiger partial charge is 0.0917 e. The van der Waals surface area contributed by atoms with E-state index in [9.17, 15) is 0 Å². The van der Waals surface area contributed by atoms with Gasteiger partial charge in [-0.1, -0.05) is 0 Å². The number of nitrogens with one attached hydrogen (secondary N) is 1. The SMILES string of the molecule is N=C(N)CCCl. The van der Waals surface area contributed by atoms with Crippen molar-refractivity contribution in [1.82, 2.24) is 0 Å². The molecule has 0 aliphatic carbocycles. The van der Waals surface area contributed by atoms with Crippen LogP contribution in [0.25, 0.3) is 0 Å². The number of halogens is 1. The highest BCUT2D eigenvalue weighted by Gasteiger charge is 1.80. The molecule has 2 nitrogen and oxygen atoms in total. The number of hydrogen-bond acceptors (Lipinski definition) is 1. The van der Waals surface area contributed by atoms with Gasteiger partial charge in [0.05, 0.1) is 5.84 Å². The van der Waals surface area contributed by atoms with Gasteiger partial charge < -0.3 is 5.73 Å². The average molecular weight is 107 g/mol. The van der Waals surface area contributed by atoms with Gasteiger partial charge in [0, 0.05) is 12.3 Å². The molecule has 0 aliphatic heterocycles. The zero-order valence-electron chi connectivity index (χ0n) is 3.37. The standard InChI is InChI=1S/C3H7ClN2/c4-2-1-3(5)6/h1-2H2,(H3,5,6). The number of nitrogens with two attached hydrogens (primary N) is 1. The summed E-state index contributed by atoms with van der Waals surface area (Å²) < 4.78 is 0. The fourth-order valence-corrected chi connectivity index (χ4v) is 0.305. The van der Waals surface area contributed by atoms with E-state index in [1.807, 2.05) is 0 Å². The van der Waals surface area contributed by atoms with E-state index in [0.29, 0.717) is 12.3 Å². The van der Waals surface area contributed by atoms with Crippen LogP contribution in [0, 0.1) is 5.41 Å². The predicted molar refractivity (Wildman–Crippen MR) is 27.3 cm³/mol. The lowest BCUT2D eigenvalue weighted by Gasteiger charge is -1.84. The Kier molecular flexibility index (Phi) is 2.85. The van der Waals surface area contributed by atoms with Gasteiger partial charge in [0.25, 0.3) is 0 Å². The van der Waals surface area contributed by atoms with Crippen LogP contribution in [0.2, 0.25) is 0 Å². The van der Waals surface area contributed by atoms with Crippen LogP contribution in [-0.2, 0) is 0 Å². The highest BCUT2D eigenvalue weighted by molar-refractivity contribution is 6.18. The molecule has 0 bridgehead atoms. The van der Waals surface area contributed by atoms with Gasteiger partial charge in [0.1, 0.15) is 0 Å². The van der Waals surface area contributed by atoms with Gasteiger partial charge in [-0.05, 0) is 0 Å². The number of amidine groups is 1. The van der Waals surface area contributed by atoms with Crippen LogP contribution in [0.3, 0.4) is 0 Å². The molecule has 0 atom stereocenters. The van der Waals surface area contributed by atoms with E-state index >= 15 is 0 Å². The molecule has 6 heavy (non-hydrogen) atoms. The number of alkyl halides is 1. The van der Waals surface area contributed by atoms with E-state index in [1.54, 1.807) is 0 Å². The van der Waals surface area contributed by atoms with Crippen molar-refractivity contribution in [2.75, 3.05) is 5.88 Å². The summed E-state index contributed by atoms with van der Waals surface area (Å²) in [6, 6.07) is 0. The molecule has 3 N–H and O–H groups in total. The van der Waals surface area contributed by atoms with Crippen molar-refractivity contribution in [3.8, 4) is 0 Å². The second-order valence-corrected chi connectivity index (χ2v) is 1.34. The Labute approximate surface area is 41.8 Å². The first-order valence-electron chi connectivity index (χ1n) is 1.66. The summed E-state index contributed by atoms with van der Waals surface area (Å²) in [5.74, 6) is 0.611. The van der Waals surface area contributed by atoms with Crippen LogP contribution < -0.4 is 5.73 Å². The van der Waals surface area contributed by atoms with E-state index in [4.69, 9.17) is 22.7 Å². The molecule has 0 rings (SSSR count). The van der Waals surface area contributed by atoms with Crippen LogP contribution in [0.15, 0.2) is 0 Å². The van der Waals surface area contributed by atoms with E-state index in [0.717, 1.165) is 0 Å². The molecule has 36 valence electrons. The van der Waals surface area contributed by atoms with E-state index < -0.39 is 0 Å². The predicted octanol–water partition coefficient (Wildman–Crippen LogP) is 0.551. The maximum atomic E-state index is 6.59. The molecule has 0 radical (unpaired) electrons. The van der Waals surface area contributed by atoms with E-state index in [1.165, 1.54) is 0 Å². The Morgan fingerprint density at radius 1 is 1.83 bits per heavy atom. The quantitative estimate of drug-likeness (QED) is 0.302. The molecule has 0 unspecified atom stereocenters. The molecule has 0 aromatic rings. The first kappa shape index (κ1) is 5.76. The largest absolute Gasteiger partial charge is 0.388 e. The van der Waals surface area contributed by atoms with Crippen LogP contribution in [-0.4, -0.2) is 11.7 Å². The molecule has 0 aliphatic rings. The van der Waals surface area contributed by atoms with Gasteiger partial charge in [0.15, 0.2) is 0 Å². The molecular formula is C3H7ClN2. The summed E-state index contributed by atoms with van der Waals surface area (Å²) in [6.07, 6.45) is 0.502. The summed E-state index contributed by atoms with van der Waals surface area (Å²) in [6.45, 7) is 0. The van der Waals surface area contributed by atoms with E-state index in [-0.39, 0.29) is 5.84 Å². The van der Waals surface area contributed by atoms with Crippen LogP contribution in [0.1, 0.15) is 6.42 Å². The van der Waals surface area contributed by atoms with Crippen molar-refractivity contribution >= 4 is 17.4 Å². The summed E-state index contributed by atoms with van der Waals surface area (Å²) in [4.78, 5) is 0. The molecule has 0 saturated heterocycles. The first-order chi connectivity index (χ1) is 2.77. The minimum Gasteiger partial charge on any atom is -0.388 e. The average Bonchev–Trinajstić information content (AvgIpc) is 1.35. The molecule has 0 spiro atoms. The number of rotatable bonds is 2. The third kappa shape index (κ3) is 3.76. The maximum Gasteiger partial charge on any atom is 0.0917 e. The second kappa shape index (κ2) is 2.97. The zero-order valence-corrected chi connectivity index (χ0v) is 4.13. The van der Waals surface area contributed by atoms with Gasteiger partial charge in [0.2, 0.25) is 0 Å². The normalized spacial score (nSPS) is 8.17. The van der Waals surface area contributed by atoms with Crippen molar-refractivity contribution in [2.24, 2.45) is 5.73 Å². The van der Waals surface area contributed by atoms with Gasteiger partial charge in [-0.15, -0.1) is 11.6 Å². The molecule has 0 saturated carbocycles. The zero-order chi connectivity index (χ0) is 4.99. The molecule has 3 heteroatoms. The Bertz CT molecular complexity index is 52.8. The minimum absolute atomic E-state index is 0.157. The summed E-state index contributed by atoms with van der Waals surface area (Å²) >= 11 is 5.18. The minimum atomic E-state index is 0.157. The van der Waals surface area contributed by atoms with Crippen molar-refractivity contribution in [3.05, 3.63) is 0 Å². The highest BCUT2D eigenvalue weighted by Crippen LogP contribution is 1.79. The van der Waals surface area contributed by atoms with Gasteiger partial charge in [-0.25, -0.2) is 0 Å². The molecular weight excluding hydrogens is 99.5 g/mol. The van der Waals surface area contributed by atoms with Gasteiger partial charge in [-0.2, -0.15) is 0 Å². The highest BCUT2D eigenvalue weighted by atomic mass is 35.5. The van der Waals surface area contributed by atoms with Crippen LogP contribution >= 0.6 is 11.6 Å². The Morgan fingerprint density at radius 3 is 2.33 bits per heavy atom. The fourth-order valence-electron chi connectivity index (χ4n) is 0.102. The number of hydrogen-bond donors (Lipinski definition) is 2. The van der Waals surface area contributed by atoms with Gasteiger partial charge >= 0.3 is 0 Å². The lowest BCUT2D eigenvalue weighted by Crippen LogP contribution is -2.08. The maximum absolute atomic E-state index is 6.59. The van der Waals surface area contributed by atoms with Crippen molar-refractivity contribution in [1.29, 1.82) is 5.41 Å². The molecule has 0 fully saturated rings. The fraction of sp³-hybridized carbons (Fsp3) is 0.667. The van der Waals surface area contributed by atoms with Gasteiger partial charge in [-0.3, -0.25) is 5.41 Å². The molecule has 0 aromatic heterocycles. The lowest BCUT2D eigenvalue weighted by molar-refractivity contribution is 1.22. The Balaban J connectivity index is 2.83. The Morgan fingerprint density at radius 2 is 2.33 bits per heavy atom. The third-order valence-electron chi connectivity index (χ3n) is 0.364. The lowest BCUT2D eigenvalue weighted by atomic mass is 10.5. The van der Waals surface area contributed by atoms with Crippen LogP contribution in [0.4, 0.5) is 0 Å². The molecule has 0 amide bonds. The molecule has 0 heterocycles. The summed E-state index contributed by atoms with van der Waals surface area (Å²) in [7, 11) is 0. The topological polar surface area (TPSA) is 49.9 Å². The Hall–Kier alpha value is -0.240. The summed E-state index contributed by atoms with van der Waals surface area (Å²) in [5.41, 5.74) is 4.90.